The highest BCUT2D eigenvalue weighted by atomic mass is 16.2. The summed E-state index contributed by atoms with van der Waals surface area (Å²) in [5, 5.41) is 2.61. The Morgan fingerprint density at radius 1 is 1.23 bits per heavy atom. The lowest BCUT2D eigenvalue weighted by Crippen LogP contribution is -2.34. The van der Waals surface area contributed by atoms with Gasteiger partial charge in [0.1, 0.15) is 0 Å². The van der Waals surface area contributed by atoms with Crippen molar-refractivity contribution in [1.82, 2.24) is 5.32 Å². The van der Waals surface area contributed by atoms with Crippen molar-refractivity contribution in [3.63, 3.8) is 0 Å². The molecule has 3 nitrogen and oxygen atoms in total. The largest absolute Gasteiger partial charge is 0.349 e. The van der Waals surface area contributed by atoms with Crippen LogP contribution in [-0.2, 0) is 9.59 Å². The van der Waals surface area contributed by atoms with Crippen molar-refractivity contribution in [2.45, 2.75) is 40.0 Å². The molecule has 3 heteroatoms. The molecule has 0 aliphatic carbocycles. The first-order valence-corrected chi connectivity index (χ1v) is 4.91. The van der Waals surface area contributed by atoms with Gasteiger partial charge in [-0.05, 0) is 6.42 Å². The topological polar surface area (TPSA) is 46.2 Å². The standard InChI is InChI=1S/C10H19NO2/c1-4-5-6-7-11-10(13)9(12)8(2)3/h8H,4-7H2,1-3H3,(H,11,13). The monoisotopic (exact) mass is 185 g/mol. The minimum Gasteiger partial charge on any atom is -0.349 e. The zero-order valence-electron chi connectivity index (χ0n) is 8.72. The molecule has 0 heterocycles. The summed E-state index contributed by atoms with van der Waals surface area (Å²) in [5.74, 6) is -0.964. The van der Waals surface area contributed by atoms with Crippen LogP contribution >= 0.6 is 0 Å². The average Bonchev–Trinajstić information content (AvgIpc) is 2.10. The van der Waals surface area contributed by atoms with Gasteiger partial charge < -0.3 is 5.32 Å². The molecule has 0 saturated carbocycles. The summed E-state index contributed by atoms with van der Waals surface area (Å²) in [6.45, 7) is 6.17. The van der Waals surface area contributed by atoms with Crippen molar-refractivity contribution >= 4 is 11.7 Å². The summed E-state index contributed by atoms with van der Waals surface area (Å²) in [5.41, 5.74) is 0. The van der Waals surface area contributed by atoms with Crippen molar-refractivity contribution < 1.29 is 9.59 Å². The van der Waals surface area contributed by atoms with E-state index < -0.39 is 5.91 Å². The van der Waals surface area contributed by atoms with E-state index in [1.165, 1.54) is 0 Å². The lowest BCUT2D eigenvalue weighted by Gasteiger charge is -2.05. The van der Waals surface area contributed by atoms with Crippen LogP contribution in [0.4, 0.5) is 0 Å². The number of amides is 1. The van der Waals surface area contributed by atoms with Crippen LogP contribution in [0.5, 0.6) is 0 Å². The Kier molecular flexibility index (Phi) is 6.20. The molecule has 0 saturated heterocycles. The second-order valence-electron chi connectivity index (χ2n) is 3.48. The van der Waals surface area contributed by atoms with Gasteiger partial charge in [-0.25, -0.2) is 0 Å². The summed E-state index contributed by atoms with van der Waals surface area (Å²) < 4.78 is 0. The highest BCUT2D eigenvalue weighted by Crippen LogP contribution is 1.95. The van der Waals surface area contributed by atoms with Crippen molar-refractivity contribution in [1.29, 1.82) is 0 Å². The highest BCUT2D eigenvalue weighted by molar-refractivity contribution is 6.36. The first-order chi connectivity index (χ1) is 6.09. The third kappa shape index (κ3) is 5.39. The first-order valence-electron chi connectivity index (χ1n) is 4.91. The number of carbonyl (C=O) groups excluding carboxylic acids is 2. The van der Waals surface area contributed by atoms with Gasteiger partial charge in [-0.2, -0.15) is 0 Å². The zero-order valence-corrected chi connectivity index (χ0v) is 8.72. The molecule has 0 radical (unpaired) electrons. The Morgan fingerprint density at radius 2 is 1.85 bits per heavy atom. The summed E-state index contributed by atoms with van der Waals surface area (Å²) in [6, 6.07) is 0. The number of nitrogens with one attached hydrogen (secondary N) is 1. The van der Waals surface area contributed by atoms with Gasteiger partial charge in [0.15, 0.2) is 0 Å². The number of rotatable bonds is 6. The van der Waals surface area contributed by atoms with Gasteiger partial charge in [0.25, 0.3) is 5.91 Å². The van der Waals surface area contributed by atoms with Crippen LogP contribution in [0.15, 0.2) is 0 Å². The van der Waals surface area contributed by atoms with Gasteiger partial charge in [0, 0.05) is 12.5 Å². The molecule has 1 amide bonds. The average molecular weight is 185 g/mol. The molecule has 0 unspecified atom stereocenters. The van der Waals surface area contributed by atoms with E-state index in [0.29, 0.717) is 6.54 Å². The van der Waals surface area contributed by atoms with Gasteiger partial charge in [0.05, 0.1) is 0 Å². The molecule has 1 N–H and O–H groups in total. The number of unbranched alkanes of at least 4 members (excludes halogenated alkanes) is 2. The van der Waals surface area contributed by atoms with E-state index in [1.807, 2.05) is 0 Å². The molecule has 0 aromatic rings. The molecule has 0 aromatic heterocycles. The second-order valence-corrected chi connectivity index (χ2v) is 3.48. The lowest BCUT2D eigenvalue weighted by molar-refractivity contribution is -0.139. The predicted octanol–water partition coefficient (Wildman–Crippen LogP) is 1.52. The molecular weight excluding hydrogens is 166 g/mol. The van der Waals surface area contributed by atoms with Crippen molar-refractivity contribution in [3.05, 3.63) is 0 Å². The smallest absolute Gasteiger partial charge is 0.287 e. The van der Waals surface area contributed by atoms with Crippen LogP contribution < -0.4 is 5.32 Å². The lowest BCUT2D eigenvalue weighted by atomic mass is 10.1. The van der Waals surface area contributed by atoms with E-state index in [0.717, 1.165) is 19.3 Å². The van der Waals surface area contributed by atoms with Crippen LogP contribution in [0.1, 0.15) is 40.0 Å². The van der Waals surface area contributed by atoms with E-state index in [2.05, 4.69) is 12.2 Å². The fourth-order valence-electron chi connectivity index (χ4n) is 0.926. The fourth-order valence-corrected chi connectivity index (χ4v) is 0.926. The van der Waals surface area contributed by atoms with Gasteiger partial charge in [0.2, 0.25) is 5.78 Å². The van der Waals surface area contributed by atoms with Crippen molar-refractivity contribution in [2.24, 2.45) is 5.92 Å². The fraction of sp³-hybridized carbons (Fsp3) is 0.800. The molecular formula is C10H19NO2. The summed E-state index contributed by atoms with van der Waals surface area (Å²) in [6.07, 6.45) is 3.16. The minimum atomic E-state index is -0.439. The Hall–Kier alpha value is -0.860. The molecule has 13 heavy (non-hydrogen) atoms. The van der Waals surface area contributed by atoms with Crippen LogP contribution in [-0.4, -0.2) is 18.2 Å². The Labute approximate surface area is 79.9 Å². The Balaban J connectivity index is 3.57. The van der Waals surface area contributed by atoms with Gasteiger partial charge in [-0.3, -0.25) is 9.59 Å². The quantitative estimate of drug-likeness (QED) is 0.503. The number of carbonyl (C=O) groups is 2. The molecule has 0 spiro atoms. The SMILES string of the molecule is CCCCCNC(=O)C(=O)C(C)C. The molecule has 0 atom stereocenters. The molecule has 0 aliphatic rings. The maximum absolute atomic E-state index is 11.1. The van der Waals surface area contributed by atoms with Gasteiger partial charge in [-0.1, -0.05) is 33.6 Å². The maximum atomic E-state index is 11.1. The van der Waals surface area contributed by atoms with E-state index >= 15 is 0 Å². The van der Waals surface area contributed by atoms with Crippen LogP contribution in [0.2, 0.25) is 0 Å². The molecule has 76 valence electrons. The second kappa shape index (κ2) is 6.63. The van der Waals surface area contributed by atoms with Crippen LogP contribution in [0.3, 0.4) is 0 Å². The third-order valence-corrected chi connectivity index (χ3v) is 1.81. The highest BCUT2D eigenvalue weighted by Gasteiger charge is 2.15. The number of hydrogen-bond donors (Lipinski definition) is 1. The van der Waals surface area contributed by atoms with Crippen molar-refractivity contribution in [2.75, 3.05) is 6.54 Å². The molecule has 0 aromatic carbocycles. The van der Waals surface area contributed by atoms with E-state index in [4.69, 9.17) is 0 Å². The first kappa shape index (κ1) is 12.1. The third-order valence-electron chi connectivity index (χ3n) is 1.81. The van der Waals surface area contributed by atoms with Crippen molar-refractivity contribution in [3.8, 4) is 0 Å². The zero-order chi connectivity index (χ0) is 10.3. The van der Waals surface area contributed by atoms with Crippen LogP contribution in [0, 0.1) is 5.92 Å². The molecule has 0 fully saturated rings. The Morgan fingerprint density at radius 3 is 2.31 bits per heavy atom. The minimum absolute atomic E-state index is 0.203. The van der Waals surface area contributed by atoms with E-state index in [9.17, 15) is 9.59 Å². The van der Waals surface area contributed by atoms with E-state index in [-0.39, 0.29) is 11.7 Å². The maximum Gasteiger partial charge on any atom is 0.287 e. The Bertz CT molecular complexity index is 176. The van der Waals surface area contributed by atoms with Gasteiger partial charge >= 0.3 is 0 Å². The van der Waals surface area contributed by atoms with Gasteiger partial charge in [-0.15, -0.1) is 0 Å². The summed E-state index contributed by atoms with van der Waals surface area (Å²) >= 11 is 0. The molecule has 0 rings (SSSR count). The number of Topliss-reactive ketones (excluding diaryl/α,β-unsaturated/α-hetero) is 1. The normalized spacial score (nSPS) is 10.2. The molecule has 0 aliphatic heterocycles. The van der Waals surface area contributed by atoms with Crippen LogP contribution in [0.25, 0.3) is 0 Å². The predicted molar refractivity (Wildman–Crippen MR) is 52.4 cm³/mol. The number of ketones is 1. The summed E-state index contributed by atoms with van der Waals surface area (Å²) in [7, 11) is 0. The number of hydrogen-bond acceptors (Lipinski definition) is 2. The molecule has 0 bridgehead atoms. The summed E-state index contributed by atoms with van der Waals surface area (Å²) in [4.78, 5) is 22.2. The van der Waals surface area contributed by atoms with E-state index in [1.54, 1.807) is 13.8 Å².